The van der Waals surface area contributed by atoms with Crippen molar-refractivity contribution in [3.63, 3.8) is 0 Å². The molecule has 1 aromatic carbocycles. The summed E-state index contributed by atoms with van der Waals surface area (Å²) in [6.07, 6.45) is 2.12. The summed E-state index contributed by atoms with van der Waals surface area (Å²) in [7, 11) is 0. The zero-order chi connectivity index (χ0) is 20.3. The fourth-order valence-corrected chi connectivity index (χ4v) is 3.51. The predicted molar refractivity (Wildman–Crippen MR) is 110 cm³/mol. The molecule has 1 atom stereocenters. The highest BCUT2D eigenvalue weighted by molar-refractivity contribution is 6.04. The highest BCUT2D eigenvalue weighted by atomic mass is 16.2. The van der Waals surface area contributed by atoms with Crippen LogP contribution in [0.1, 0.15) is 41.4 Å². The Kier molecular flexibility index (Phi) is 5.97. The van der Waals surface area contributed by atoms with E-state index in [0.29, 0.717) is 17.2 Å². The summed E-state index contributed by atoms with van der Waals surface area (Å²) in [4.78, 5) is 39.8. The third kappa shape index (κ3) is 4.50. The van der Waals surface area contributed by atoms with Crippen LogP contribution in [0.15, 0.2) is 41.2 Å². The molecule has 2 heterocycles. The van der Waals surface area contributed by atoms with Gasteiger partial charge in [0.25, 0.3) is 11.5 Å². The molecule has 1 aromatic heterocycles. The number of anilines is 1. The summed E-state index contributed by atoms with van der Waals surface area (Å²) < 4.78 is 1.44. The fraction of sp³-hybridized carbons (Fsp3) is 0.409. The Labute approximate surface area is 165 Å². The molecule has 1 fully saturated rings. The SMILES string of the molecule is Cc1ccc(C(=O)Nc2ccc(C)n(CC(=O)N3CCC[C@@H](C)C3)c2=O)cc1. The Morgan fingerprint density at radius 2 is 1.82 bits per heavy atom. The number of carbonyl (C=O) groups is 2. The Morgan fingerprint density at radius 1 is 1.11 bits per heavy atom. The molecule has 0 bridgehead atoms. The van der Waals surface area contributed by atoms with Crippen molar-refractivity contribution in [3.05, 3.63) is 63.6 Å². The van der Waals surface area contributed by atoms with E-state index in [2.05, 4.69) is 12.2 Å². The number of carbonyl (C=O) groups excluding carboxylic acids is 2. The number of amides is 2. The van der Waals surface area contributed by atoms with E-state index in [1.807, 2.05) is 24.0 Å². The van der Waals surface area contributed by atoms with Crippen molar-refractivity contribution in [1.29, 1.82) is 0 Å². The van der Waals surface area contributed by atoms with Crippen molar-refractivity contribution in [2.45, 2.75) is 40.2 Å². The molecular formula is C22H27N3O3. The maximum atomic E-state index is 12.9. The molecule has 2 aromatic rings. The van der Waals surface area contributed by atoms with E-state index in [1.165, 1.54) is 4.57 Å². The number of hydrogen-bond acceptors (Lipinski definition) is 3. The molecule has 28 heavy (non-hydrogen) atoms. The quantitative estimate of drug-likeness (QED) is 0.885. The second-order valence-electron chi connectivity index (χ2n) is 7.69. The van der Waals surface area contributed by atoms with Gasteiger partial charge in [-0.3, -0.25) is 14.4 Å². The molecule has 0 radical (unpaired) electrons. The first kappa shape index (κ1) is 19.9. The van der Waals surface area contributed by atoms with Crippen LogP contribution in [0.5, 0.6) is 0 Å². The Balaban J connectivity index is 1.78. The van der Waals surface area contributed by atoms with Gasteiger partial charge < -0.3 is 14.8 Å². The highest BCUT2D eigenvalue weighted by Gasteiger charge is 2.22. The number of nitrogens with zero attached hydrogens (tertiary/aromatic N) is 2. The van der Waals surface area contributed by atoms with E-state index >= 15 is 0 Å². The lowest BCUT2D eigenvalue weighted by Crippen LogP contribution is -2.42. The van der Waals surface area contributed by atoms with Gasteiger partial charge in [0.15, 0.2) is 0 Å². The van der Waals surface area contributed by atoms with Crippen LogP contribution in [0.3, 0.4) is 0 Å². The predicted octanol–water partition coefficient (Wildman–Crippen LogP) is 2.98. The van der Waals surface area contributed by atoms with Crippen LogP contribution in [-0.2, 0) is 11.3 Å². The first-order valence-electron chi connectivity index (χ1n) is 9.71. The van der Waals surface area contributed by atoms with Gasteiger partial charge in [0.2, 0.25) is 5.91 Å². The number of nitrogens with one attached hydrogen (secondary N) is 1. The van der Waals surface area contributed by atoms with Gasteiger partial charge in [0, 0.05) is 24.3 Å². The lowest BCUT2D eigenvalue weighted by atomic mass is 10.0. The van der Waals surface area contributed by atoms with Gasteiger partial charge >= 0.3 is 0 Å². The number of hydrogen-bond donors (Lipinski definition) is 1. The summed E-state index contributed by atoms with van der Waals surface area (Å²) in [5.74, 6) is 0.0816. The minimum atomic E-state index is -0.362. The van der Waals surface area contributed by atoms with Crippen LogP contribution in [-0.4, -0.2) is 34.4 Å². The second-order valence-corrected chi connectivity index (χ2v) is 7.69. The average molecular weight is 381 g/mol. The van der Waals surface area contributed by atoms with Crippen molar-refractivity contribution in [2.75, 3.05) is 18.4 Å². The molecule has 3 rings (SSSR count). The summed E-state index contributed by atoms with van der Waals surface area (Å²) in [5.41, 5.74) is 2.04. The molecule has 1 N–H and O–H groups in total. The van der Waals surface area contributed by atoms with Gasteiger partial charge in [0.1, 0.15) is 12.2 Å². The van der Waals surface area contributed by atoms with Crippen molar-refractivity contribution >= 4 is 17.5 Å². The third-order valence-corrected chi connectivity index (χ3v) is 5.26. The fourth-order valence-electron chi connectivity index (χ4n) is 3.51. The van der Waals surface area contributed by atoms with Crippen LogP contribution in [0.25, 0.3) is 0 Å². The molecule has 0 aliphatic carbocycles. The van der Waals surface area contributed by atoms with Crippen LogP contribution in [0.4, 0.5) is 5.69 Å². The zero-order valence-corrected chi connectivity index (χ0v) is 16.7. The molecular weight excluding hydrogens is 354 g/mol. The van der Waals surface area contributed by atoms with E-state index in [1.54, 1.807) is 31.2 Å². The molecule has 0 saturated carbocycles. The van der Waals surface area contributed by atoms with Crippen molar-refractivity contribution < 1.29 is 9.59 Å². The van der Waals surface area contributed by atoms with Crippen molar-refractivity contribution in [3.8, 4) is 0 Å². The molecule has 0 unspecified atom stereocenters. The standard InChI is InChI=1S/C22H27N3O3/c1-15-6-9-18(10-7-15)21(27)23-19-11-8-17(3)25(22(19)28)14-20(26)24-12-4-5-16(2)13-24/h6-11,16H,4-5,12-14H2,1-3H3,(H,23,27)/t16-/m1/s1. The topological polar surface area (TPSA) is 71.4 Å². The first-order valence-corrected chi connectivity index (χ1v) is 9.71. The number of aromatic nitrogens is 1. The number of benzene rings is 1. The summed E-state index contributed by atoms with van der Waals surface area (Å²) in [5, 5.41) is 2.68. The number of pyridine rings is 1. The Morgan fingerprint density at radius 3 is 2.50 bits per heavy atom. The zero-order valence-electron chi connectivity index (χ0n) is 16.7. The minimum Gasteiger partial charge on any atom is -0.341 e. The van der Waals surface area contributed by atoms with E-state index < -0.39 is 0 Å². The smallest absolute Gasteiger partial charge is 0.274 e. The summed E-state index contributed by atoms with van der Waals surface area (Å²) >= 11 is 0. The van der Waals surface area contributed by atoms with Gasteiger partial charge in [-0.15, -0.1) is 0 Å². The minimum absolute atomic E-state index is 0.00830. The maximum Gasteiger partial charge on any atom is 0.274 e. The highest BCUT2D eigenvalue weighted by Crippen LogP contribution is 2.16. The van der Waals surface area contributed by atoms with Gasteiger partial charge in [0.05, 0.1) is 0 Å². The second kappa shape index (κ2) is 8.42. The molecule has 1 aliphatic heterocycles. The van der Waals surface area contributed by atoms with Crippen molar-refractivity contribution in [1.82, 2.24) is 9.47 Å². The largest absolute Gasteiger partial charge is 0.341 e. The molecule has 6 nitrogen and oxygen atoms in total. The number of piperidine rings is 1. The van der Waals surface area contributed by atoms with Gasteiger partial charge in [-0.2, -0.15) is 0 Å². The molecule has 1 saturated heterocycles. The normalized spacial score (nSPS) is 16.7. The average Bonchev–Trinajstić information content (AvgIpc) is 2.67. The summed E-state index contributed by atoms with van der Waals surface area (Å²) in [6, 6.07) is 10.5. The monoisotopic (exact) mass is 381 g/mol. The van der Waals surface area contributed by atoms with Crippen LogP contribution in [0.2, 0.25) is 0 Å². The van der Waals surface area contributed by atoms with Gasteiger partial charge in [-0.05, 0) is 56.9 Å². The van der Waals surface area contributed by atoms with E-state index in [9.17, 15) is 14.4 Å². The van der Waals surface area contributed by atoms with Crippen molar-refractivity contribution in [2.24, 2.45) is 5.92 Å². The molecule has 1 aliphatic rings. The summed E-state index contributed by atoms with van der Waals surface area (Å²) in [6.45, 7) is 7.33. The van der Waals surface area contributed by atoms with E-state index in [-0.39, 0.29) is 29.6 Å². The van der Waals surface area contributed by atoms with Gasteiger partial charge in [-0.1, -0.05) is 24.6 Å². The molecule has 6 heteroatoms. The first-order chi connectivity index (χ1) is 13.3. The Bertz CT molecular complexity index is 931. The van der Waals surface area contributed by atoms with Crippen LogP contribution < -0.4 is 10.9 Å². The molecule has 148 valence electrons. The lowest BCUT2D eigenvalue weighted by molar-refractivity contribution is -0.133. The number of likely N-dealkylation sites (tertiary alicyclic amines) is 1. The van der Waals surface area contributed by atoms with Gasteiger partial charge in [-0.25, -0.2) is 0 Å². The lowest BCUT2D eigenvalue weighted by Gasteiger charge is -2.31. The van der Waals surface area contributed by atoms with Crippen LogP contribution in [0, 0.1) is 19.8 Å². The number of rotatable bonds is 4. The van der Waals surface area contributed by atoms with E-state index in [4.69, 9.17) is 0 Å². The van der Waals surface area contributed by atoms with Crippen LogP contribution >= 0.6 is 0 Å². The third-order valence-electron chi connectivity index (χ3n) is 5.26. The molecule has 2 amide bonds. The maximum absolute atomic E-state index is 12.9. The number of aryl methyl sites for hydroxylation is 2. The van der Waals surface area contributed by atoms with E-state index in [0.717, 1.165) is 31.5 Å². The molecule has 0 spiro atoms. The Hall–Kier alpha value is -2.89.